The zero-order chi connectivity index (χ0) is 25.4. The topological polar surface area (TPSA) is 111 Å². The number of nitrogens with zero attached hydrogens (tertiary/aromatic N) is 3. The van der Waals surface area contributed by atoms with E-state index in [0.29, 0.717) is 6.54 Å². The van der Waals surface area contributed by atoms with Gasteiger partial charge < -0.3 is 25.2 Å². The maximum absolute atomic E-state index is 10.9. The summed E-state index contributed by atoms with van der Waals surface area (Å²) in [6.07, 6.45) is 5.78. The Bertz CT molecular complexity index is 1100. The number of anilines is 1. The summed E-state index contributed by atoms with van der Waals surface area (Å²) in [7, 11) is 3.62. The van der Waals surface area contributed by atoms with Crippen molar-refractivity contribution in [3.63, 3.8) is 0 Å². The van der Waals surface area contributed by atoms with Gasteiger partial charge in [0.15, 0.2) is 11.5 Å². The van der Waals surface area contributed by atoms with Crippen molar-refractivity contribution in [2.24, 2.45) is 5.73 Å². The molecule has 0 saturated heterocycles. The van der Waals surface area contributed by atoms with Gasteiger partial charge in [-0.15, -0.1) is 0 Å². The molecule has 0 bridgehead atoms. The molecule has 1 aromatic heterocycles. The predicted octanol–water partition coefficient (Wildman–Crippen LogP) is 4.31. The smallest absolute Gasteiger partial charge is 0.320 e. The Balaban J connectivity index is 1.68. The highest BCUT2D eigenvalue weighted by Gasteiger charge is 2.14. The fraction of sp³-hybridized carbons (Fsp3) is 0.370. The molecule has 8 heteroatoms. The van der Waals surface area contributed by atoms with Crippen LogP contribution in [0, 0.1) is 0 Å². The summed E-state index contributed by atoms with van der Waals surface area (Å²) in [4.78, 5) is 22.1. The lowest BCUT2D eigenvalue weighted by molar-refractivity contribution is -0.138. The second-order valence-corrected chi connectivity index (χ2v) is 8.50. The molecule has 2 aromatic carbocycles. The van der Waals surface area contributed by atoms with Gasteiger partial charge in [-0.1, -0.05) is 44.2 Å². The van der Waals surface area contributed by atoms with Crippen molar-refractivity contribution in [2.45, 2.75) is 51.8 Å². The van der Waals surface area contributed by atoms with Gasteiger partial charge in [-0.25, -0.2) is 4.98 Å². The maximum atomic E-state index is 10.9. The van der Waals surface area contributed by atoms with E-state index in [1.54, 1.807) is 19.5 Å². The fourth-order valence-corrected chi connectivity index (χ4v) is 3.72. The molecule has 186 valence electrons. The third-order valence-electron chi connectivity index (χ3n) is 5.90. The van der Waals surface area contributed by atoms with Crippen molar-refractivity contribution in [1.82, 2.24) is 9.97 Å². The minimum atomic E-state index is -1.01. The number of carbonyl (C=O) groups is 1. The minimum absolute atomic E-state index is 0.151. The van der Waals surface area contributed by atoms with Crippen molar-refractivity contribution < 1.29 is 19.4 Å². The van der Waals surface area contributed by atoms with E-state index in [9.17, 15) is 4.79 Å². The molecule has 0 aliphatic heterocycles. The van der Waals surface area contributed by atoms with E-state index in [1.165, 1.54) is 0 Å². The highest BCUT2D eigenvalue weighted by molar-refractivity contribution is 5.73. The molecule has 0 amide bonds. The first kappa shape index (κ1) is 26.0. The predicted molar refractivity (Wildman–Crippen MR) is 137 cm³/mol. The minimum Gasteiger partial charge on any atom is -0.493 e. The number of carboxylic acids is 1. The quantitative estimate of drug-likeness (QED) is 0.396. The molecular weight excluding hydrogens is 444 g/mol. The molecule has 0 aliphatic carbocycles. The molecule has 35 heavy (non-hydrogen) atoms. The standard InChI is InChI=1S/C27H34N4O4/c1-5-21(6-2)35-25-14-19(9-12-24(25)34-4)17-31(3)26-16-29-23(15-30-26)20-10-7-18(8-11-20)13-22(28)27(32)33/h7-12,14-16,21-22H,5-6,13,17,28H2,1-4H3,(H,32,33). The Kier molecular flexibility index (Phi) is 9.03. The van der Waals surface area contributed by atoms with E-state index in [4.69, 9.17) is 20.3 Å². The lowest BCUT2D eigenvalue weighted by atomic mass is 10.0. The average Bonchev–Trinajstić information content (AvgIpc) is 2.87. The second kappa shape index (κ2) is 12.2. The number of hydrogen-bond donors (Lipinski definition) is 2. The number of rotatable bonds is 12. The summed E-state index contributed by atoms with van der Waals surface area (Å²) in [5.41, 5.74) is 9.19. The first-order chi connectivity index (χ1) is 16.8. The lowest BCUT2D eigenvalue weighted by Crippen LogP contribution is -2.32. The molecular formula is C27H34N4O4. The molecule has 1 heterocycles. The van der Waals surface area contributed by atoms with Crippen LogP contribution in [0.4, 0.5) is 5.82 Å². The van der Waals surface area contributed by atoms with E-state index < -0.39 is 12.0 Å². The van der Waals surface area contributed by atoms with Crippen LogP contribution >= 0.6 is 0 Å². The second-order valence-electron chi connectivity index (χ2n) is 8.50. The van der Waals surface area contributed by atoms with Crippen LogP contribution in [0.25, 0.3) is 11.3 Å². The Morgan fingerprint density at radius 1 is 1.03 bits per heavy atom. The summed E-state index contributed by atoms with van der Waals surface area (Å²) in [5.74, 6) is 1.21. The first-order valence-corrected chi connectivity index (χ1v) is 11.8. The maximum Gasteiger partial charge on any atom is 0.320 e. The third-order valence-corrected chi connectivity index (χ3v) is 5.90. The monoisotopic (exact) mass is 478 g/mol. The van der Waals surface area contributed by atoms with Gasteiger partial charge >= 0.3 is 5.97 Å². The summed E-state index contributed by atoms with van der Waals surface area (Å²) in [5, 5.41) is 8.97. The van der Waals surface area contributed by atoms with E-state index in [0.717, 1.165) is 52.5 Å². The molecule has 3 rings (SSSR count). The van der Waals surface area contributed by atoms with Crippen LogP contribution in [0.3, 0.4) is 0 Å². The Morgan fingerprint density at radius 2 is 1.71 bits per heavy atom. The van der Waals surface area contributed by atoms with E-state index in [1.807, 2.05) is 54.4 Å². The van der Waals surface area contributed by atoms with Crippen LogP contribution in [0.1, 0.15) is 37.8 Å². The first-order valence-electron chi connectivity index (χ1n) is 11.8. The van der Waals surface area contributed by atoms with Crippen LogP contribution in [0.2, 0.25) is 0 Å². The van der Waals surface area contributed by atoms with Crippen molar-refractivity contribution in [1.29, 1.82) is 0 Å². The number of benzene rings is 2. The van der Waals surface area contributed by atoms with Gasteiger partial charge in [-0.3, -0.25) is 9.78 Å². The summed E-state index contributed by atoms with van der Waals surface area (Å²) < 4.78 is 11.6. The molecule has 0 spiro atoms. The molecule has 1 atom stereocenters. The number of hydrogen-bond acceptors (Lipinski definition) is 7. The zero-order valence-electron chi connectivity index (χ0n) is 20.8. The van der Waals surface area contributed by atoms with Gasteiger partial charge in [0, 0.05) is 19.2 Å². The van der Waals surface area contributed by atoms with Gasteiger partial charge in [0.2, 0.25) is 0 Å². The van der Waals surface area contributed by atoms with Crippen LogP contribution in [-0.4, -0.2) is 47.3 Å². The van der Waals surface area contributed by atoms with Crippen molar-refractivity contribution in [2.75, 3.05) is 19.1 Å². The SMILES string of the molecule is CCC(CC)Oc1cc(CN(C)c2cnc(-c3ccc(CC(N)C(=O)O)cc3)cn2)ccc1OC. The van der Waals surface area contributed by atoms with Gasteiger partial charge in [-0.2, -0.15) is 0 Å². The third kappa shape index (κ3) is 6.93. The molecule has 0 saturated carbocycles. The van der Waals surface area contributed by atoms with E-state index in [-0.39, 0.29) is 12.5 Å². The molecule has 0 radical (unpaired) electrons. The summed E-state index contributed by atoms with van der Waals surface area (Å²) in [6.45, 7) is 4.86. The number of nitrogens with two attached hydrogens (primary N) is 1. The lowest BCUT2D eigenvalue weighted by Gasteiger charge is -2.21. The largest absolute Gasteiger partial charge is 0.493 e. The zero-order valence-corrected chi connectivity index (χ0v) is 20.8. The van der Waals surface area contributed by atoms with Crippen LogP contribution < -0.4 is 20.1 Å². The summed E-state index contributed by atoms with van der Waals surface area (Å²) in [6, 6.07) is 12.6. The van der Waals surface area contributed by atoms with Crippen LogP contribution in [0.15, 0.2) is 54.9 Å². The van der Waals surface area contributed by atoms with Crippen LogP contribution in [0.5, 0.6) is 11.5 Å². The Hall–Kier alpha value is -3.65. The normalized spacial score (nSPS) is 11.8. The Morgan fingerprint density at radius 3 is 2.29 bits per heavy atom. The highest BCUT2D eigenvalue weighted by Crippen LogP contribution is 2.31. The van der Waals surface area contributed by atoms with Gasteiger partial charge in [0.05, 0.1) is 31.3 Å². The number of aliphatic carboxylic acids is 1. The van der Waals surface area contributed by atoms with E-state index >= 15 is 0 Å². The number of ether oxygens (including phenoxy) is 2. The number of methoxy groups -OCH3 is 1. The van der Waals surface area contributed by atoms with Crippen molar-refractivity contribution in [3.8, 4) is 22.8 Å². The molecule has 3 N–H and O–H groups in total. The van der Waals surface area contributed by atoms with Gasteiger partial charge in [0.1, 0.15) is 11.9 Å². The molecule has 1 unspecified atom stereocenters. The molecule has 0 fully saturated rings. The van der Waals surface area contributed by atoms with Crippen molar-refractivity contribution >= 4 is 11.8 Å². The highest BCUT2D eigenvalue weighted by atomic mass is 16.5. The van der Waals surface area contributed by atoms with Crippen molar-refractivity contribution in [3.05, 3.63) is 66.0 Å². The van der Waals surface area contributed by atoms with Crippen LogP contribution in [-0.2, 0) is 17.8 Å². The Labute approximate surface area is 206 Å². The van der Waals surface area contributed by atoms with Gasteiger partial charge in [-0.05, 0) is 42.5 Å². The molecule has 8 nitrogen and oxygen atoms in total. The molecule has 0 aliphatic rings. The molecule has 3 aromatic rings. The number of aromatic nitrogens is 2. The van der Waals surface area contributed by atoms with Gasteiger partial charge in [0.25, 0.3) is 0 Å². The van der Waals surface area contributed by atoms with E-state index in [2.05, 4.69) is 23.8 Å². The number of carboxylic acid groups (broad SMARTS) is 1. The average molecular weight is 479 g/mol. The fourth-order valence-electron chi connectivity index (χ4n) is 3.72. The summed E-state index contributed by atoms with van der Waals surface area (Å²) >= 11 is 0.